The Morgan fingerprint density at radius 1 is 1.00 bits per heavy atom. The maximum atomic E-state index is 15.4. The summed E-state index contributed by atoms with van der Waals surface area (Å²) in [5, 5.41) is 25.8. The van der Waals surface area contributed by atoms with E-state index in [-0.39, 0.29) is 39.4 Å². The number of halogens is 3. The van der Waals surface area contributed by atoms with E-state index in [0.29, 0.717) is 31.9 Å². The minimum Gasteiger partial charge on any atom is -0.395 e. The van der Waals surface area contributed by atoms with Gasteiger partial charge in [0.15, 0.2) is 5.82 Å². The predicted molar refractivity (Wildman–Crippen MR) is 122 cm³/mol. The van der Waals surface area contributed by atoms with Crippen LogP contribution in [0.5, 0.6) is 0 Å². The van der Waals surface area contributed by atoms with Crippen molar-refractivity contribution in [2.24, 2.45) is 0 Å². The largest absolute Gasteiger partial charge is 0.395 e. The second kappa shape index (κ2) is 9.77. The summed E-state index contributed by atoms with van der Waals surface area (Å²) in [4.78, 5) is 7.97. The molecule has 1 aromatic heterocycles. The molecule has 180 valence electrons. The second-order valence-corrected chi connectivity index (χ2v) is 7.95. The van der Waals surface area contributed by atoms with Crippen LogP contribution in [0, 0.1) is 24.4 Å². The van der Waals surface area contributed by atoms with Crippen molar-refractivity contribution in [3.05, 3.63) is 59.7 Å². The van der Waals surface area contributed by atoms with E-state index in [2.05, 4.69) is 15.4 Å². The molecular weight excluding hydrogens is 437 g/mol. The first-order chi connectivity index (χ1) is 15.9. The molecule has 0 spiro atoms. The number of piperazine rings is 1. The number of nitrogens with zero attached hydrogens (tertiary/aromatic N) is 5. The Bertz CT molecular complexity index is 1100. The standard InChI is InChI=1S/C22H25F3N6O2.2H2/c1-14-6-19(27-22-26-13-31(28-22)17-9-15(23)8-16(24)10-17)21(25)20(7-14)30-4-2-29(3-5-30)18(11-32)12-33;;/h6-10,13,18,32-33H,2-5,11-12H2,1H3,(H,27,28);2*1H. The van der Waals surface area contributed by atoms with Crippen LogP contribution >= 0.6 is 0 Å². The maximum Gasteiger partial charge on any atom is 0.247 e. The number of aryl methyl sites for hydroxylation is 1. The number of hydrogen-bond donors (Lipinski definition) is 3. The van der Waals surface area contributed by atoms with Crippen LogP contribution < -0.4 is 10.2 Å². The number of aliphatic hydroxyl groups is 2. The lowest BCUT2D eigenvalue weighted by Gasteiger charge is -2.39. The number of aliphatic hydroxyl groups excluding tert-OH is 2. The number of rotatable bonds is 7. The molecule has 0 unspecified atom stereocenters. The Morgan fingerprint density at radius 3 is 2.30 bits per heavy atom. The highest BCUT2D eigenvalue weighted by atomic mass is 19.1. The Morgan fingerprint density at radius 2 is 1.67 bits per heavy atom. The van der Waals surface area contributed by atoms with E-state index in [9.17, 15) is 19.0 Å². The van der Waals surface area contributed by atoms with Crippen LogP contribution in [-0.2, 0) is 0 Å². The highest BCUT2D eigenvalue weighted by molar-refractivity contribution is 5.65. The van der Waals surface area contributed by atoms with Gasteiger partial charge in [0, 0.05) is 35.1 Å². The SMILES string of the molecule is Cc1cc(Nc2ncn(-c3cc(F)cc(F)c3)n2)c(F)c(N2CCN(C(CO)CO)CC2)c1.[HH].[HH]. The van der Waals surface area contributed by atoms with Crippen LogP contribution in [0.15, 0.2) is 36.7 Å². The van der Waals surface area contributed by atoms with Gasteiger partial charge in [0.05, 0.1) is 36.3 Å². The summed E-state index contributed by atoms with van der Waals surface area (Å²) in [6.07, 6.45) is 1.28. The highest BCUT2D eigenvalue weighted by Crippen LogP contribution is 2.30. The molecule has 4 rings (SSSR count). The predicted octanol–water partition coefficient (Wildman–Crippen LogP) is 2.70. The van der Waals surface area contributed by atoms with Gasteiger partial charge in [-0.25, -0.2) is 17.9 Å². The molecule has 0 atom stereocenters. The van der Waals surface area contributed by atoms with Crippen LogP contribution in [0.1, 0.15) is 8.42 Å². The third kappa shape index (κ3) is 5.10. The van der Waals surface area contributed by atoms with E-state index in [4.69, 9.17) is 0 Å². The lowest BCUT2D eigenvalue weighted by molar-refractivity contribution is 0.0699. The first-order valence-electron chi connectivity index (χ1n) is 10.5. The fraction of sp³-hybridized carbons (Fsp3) is 0.364. The van der Waals surface area contributed by atoms with Crippen molar-refractivity contribution in [3.63, 3.8) is 0 Å². The monoisotopic (exact) mass is 466 g/mol. The van der Waals surface area contributed by atoms with Crippen LogP contribution in [0.3, 0.4) is 0 Å². The van der Waals surface area contributed by atoms with Crippen LogP contribution in [0.25, 0.3) is 5.69 Å². The van der Waals surface area contributed by atoms with Gasteiger partial charge >= 0.3 is 0 Å². The van der Waals surface area contributed by atoms with Crippen LogP contribution in [0.4, 0.5) is 30.5 Å². The second-order valence-electron chi connectivity index (χ2n) is 7.95. The first kappa shape index (κ1) is 23.0. The number of aromatic nitrogens is 3. The van der Waals surface area contributed by atoms with Gasteiger partial charge in [-0.05, 0) is 36.8 Å². The third-order valence-corrected chi connectivity index (χ3v) is 5.64. The molecule has 33 heavy (non-hydrogen) atoms. The molecule has 0 radical (unpaired) electrons. The molecule has 1 saturated heterocycles. The van der Waals surface area contributed by atoms with Crippen molar-refractivity contribution in [1.82, 2.24) is 19.7 Å². The summed E-state index contributed by atoms with van der Waals surface area (Å²) in [6, 6.07) is 6.06. The fourth-order valence-corrected chi connectivity index (χ4v) is 3.92. The summed E-state index contributed by atoms with van der Waals surface area (Å²) < 4.78 is 43.6. The summed E-state index contributed by atoms with van der Waals surface area (Å²) >= 11 is 0. The van der Waals surface area contributed by atoms with Crippen LogP contribution in [-0.4, -0.2) is 75.3 Å². The van der Waals surface area contributed by atoms with Crippen molar-refractivity contribution in [2.45, 2.75) is 13.0 Å². The molecule has 8 nitrogen and oxygen atoms in total. The molecule has 2 aromatic carbocycles. The Kier molecular flexibility index (Phi) is 6.82. The van der Waals surface area contributed by atoms with E-state index in [1.165, 1.54) is 11.0 Å². The van der Waals surface area contributed by atoms with Gasteiger partial charge in [-0.3, -0.25) is 4.90 Å². The molecule has 2 heterocycles. The number of nitrogens with one attached hydrogen (secondary N) is 1. The first-order valence-corrected chi connectivity index (χ1v) is 10.5. The molecule has 3 N–H and O–H groups in total. The van der Waals surface area contributed by atoms with Gasteiger partial charge in [-0.1, -0.05) is 0 Å². The van der Waals surface area contributed by atoms with Gasteiger partial charge in [0.25, 0.3) is 0 Å². The van der Waals surface area contributed by atoms with Gasteiger partial charge < -0.3 is 20.4 Å². The van der Waals surface area contributed by atoms with Crippen molar-refractivity contribution < 1.29 is 26.2 Å². The average molecular weight is 467 g/mol. The summed E-state index contributed by atoms with van der Waals surface area (Å²) in [7, 11) is 0. The number of anilines is 3. The zero-order chi connectivity index (χ0) is 23.5. The Hall–Kier alpha value is -3.15. The molecule has 0 aliphatic carbocycles. The molecule has 0 bridgehead atoms. The van der Waals surface area contributed by atoms with Gasteiger partial charge in [-0.15, -0.1) is 5.10 Å². The lowest BCUT2D eigenvalue weighted by Crippen LogP contribution is -2.52. The van der Waals surface area contributed by atoms with Crippen molar-refractivity contribution in [2.75, 3.05) is 49.6 Å². The smallest absolute Gasteiger partial charge is 0.247 e. The van der Waals surface area contributed by atoms with E-state index in [0.717, 1.165) is 23.8 Å². The fourth-order valence-electron chi connectivity index (χ4n) is 3.92. The Labute approximate surface area is 191 Å². The molecule has 1 fully saturated rings. The quantitative estimate of drug-likeness (QED) is 0.493. The van der Waals surface area contributed by atoms with Crippen LogP contribution in [0.2, 0.25) is 0 Å². The van der Waals surface area contributed by atoms with Gasteiger partial charge in [0.2, 0.25) is 5.95 Å². The molecule has 3 aromatic rings. The van der Waals surface area contributed by atoms with Crippen molar-refractivity contribution >= 4 is 17.3 Å². The number of benzene rings is 2. The highest BCUT2D eigenvalue weighted by Gasteiger charge is 2.25. The molecule has 0 saturated carbocycles. The van der Waals surface area contributed by atoms with Gasteiger partial charge in [-0.2, -0.15) is 4.98 Å². The van der Waals surface area contributed by atoms with Crippen molar-refractivity contribution in [1.29, 1.82) is 0 Å². The molecule has 1 aliphatic rings. The van der Waals surface area contributed by atoms with Gasteiger partial charge in [0.1, 0.15) is 18.0 Å². The Balaban J connectivity index is 0.00000216. The zero-order valence-electron chi connectivity index (χ0n) is 18.0. The minimum absolute atomic E-state index is 0. The lowest BCUT2D eigenvalue weighted by atomic mass is 10.1. The van der Waals surface area contributed by atoms with E-state index >= 15 is 4.39 Å². The average Bonchev–Trinajstić information content (AvgIpc) is 3.25. The zero-order valence-corrected chi connectivity index (χ0v) is 18.0. The van der Waals surface area contributed by atoms with E-state index < -0.39 is 17.5 Å². The maximum absolute atomic E-state index is 15.4. The van der Waals surface area contributed by atoms with Crippen molar-refractivity contribution in [3.8, 4) is 5.69 Å². The molecule has 0 amide bonds. The summed E-state index contributed by atoms with van der Waals surface area (Å²) in [5.41, 5.74) is 1.58. The topological polar surface area (TPSA) is 89.7 Å². The molecule has 1 aliphatic heterocycles. The van der Waals surface area contributed by atoms with E-state index in [1.807, 2.05) is 16.7 Å². The molecule has 11 heteroatoms. The normalized spacial score (nSPS) is 14.8. The third-order valence-electron chi connectivity index (χ3n) is 5.64. The van der Waals surface area contributed by atoms with E-state index in [1.54, 1.807) is 12.1 Å². The minimum atomic E-state index is -0.742. The number of hydrogen-bond acceptors (Lipinski definition) is 7. The summed E-state index contributed by atoms with van der Waals surface area (Å²) in [5.74, 6) is -1.88. The summed E-state index contributed by atoms with van der Waals surface area (Å²) in [6.45, 7) is 3.81. The molecular formula is C22H29F3N6O2.